The van der Waals surface area contributed by atoms with Crippen LogP contribution in [0.5, 0.6) is 5.75 Å². The molecule has 4 nitrogen and oxygen atoms in total. The zero-order valence-electron chi connectivity index (χ0n) is 19.7. The Morgan fingerprint density at radius 2 is 2.00 bits per heavy atom. The lowest BCUT2D eigenvalue weighted by Crippen LogP contribution is -2.50. The van der Waals surface area contributed by atoms with Crippen LogP contribution in [0.4, 0.5) is 0 Å². The number of rotatable bonds is 6. The second-order valence-electron chi connectivity index (χ2n) is 10.1. The minimum Gasteiger partial charge on any atom is -0.494 e. The van der Waals surface area contributed by atoms with Crippen LogP contribution in [0, 0.1) is 23.3 Å². The van der Waals surface area contributed by atoms with Crippen molar-refractivity contribution >= 4 is 11.6 Å². The summed E-state index contributed by atoms with van der Waals surface area (Å²) in [5, 5.41) is 13.4. The molecule has 2 aromatic rings. The summed E-state index contributed by atoms with van der Waals surface area (Å²) in [4.78, 5) is 2.43. The van der Waals surface area contributed by atoms with Gasteiger partial charge < -0.3 is 14.6 Å². The van der Waals surface area contributed by atoms with Gasteiger partial charge in [-0.2, -0.15) is 0 Å². The average molecular weight is 479 g/mol. The summed E-state index contributed by atoms with van der Waals surface area (Å²) < 4.78 is 11.7. The van der Waals surface area contributed by atoms with E-state index in [0.717, 1.165) is 64.3 Å². The van der Waals surface area contributed by atoms with Crippen molar-refractivity contribution in [3.8, 4) is 17.0 Å². The van der Waals surface area contributed by atoms with Gasteiger partial charge in [-0.05, 0) is 90.9 Å². The molecule has 2 aliphatic carbocycles. The molecule has 1 heterocycles. The van der Waals surface area contributed by atoms with Crippen molar-refractivity contribution in [1.82, 2.24) is 4.90 Å². The summed E-state index contributed by atoms with van der Waals surface area (Å²) in [6.45, 7) is 5.23. The molecule has 3 aliphatic rings. The molecule has 3 atom stereocenters. The molecule has 2 fully saturated rings. The van der Waals surface area contributed by atoms with Gasteiger partial charge >= 0.3 is 0 Å². The van der Waals surface area contributed by atoms with E-state index < -0.39 is 5.60 Å². The van der Waals surface area contributed by atoms with Crippen LogP contribution in [0.25, 0.3) is 0 Å². The van der Waals surface area contributed by atoms with E-state index in [1.165, 1.54) is 16.7 Å². The van der Waals surface area contributed by atoms with Gasteiger partial charge in [0.25, 0.3) is 0 Å². The Balaban J connectivity index is 1.26. The highest BCUT2D eigenvalue weighted by atomic mass is 35.5. The second-order valence-corrected chi connectivity index (χ2v) is 10.3. The Hall–Kier alpha value is -2.03. The first-order valence-corrected chi connectivity index (χ1v) is 12.8. The van der Waals surface area contributed by atoms with Crippen LogP contribution in [0.1, 0.15) is 48.8 Å². The molecule has 1 radical (unpaired) electrons. The molecule has 5 rings (SSSR count). The van der Waals surface area contributed by atoms with Crippen molar-refractivity contribution in [2.24, 2.45) is 5.92 Å². The van der Waals surface area contributed by atoms with E-state index in [9.17, 15) is 5.11 Å². The van der Waals surface area contributed by atoms with Gasteiger partial charge in [0.05, 0.1) is 19.8 Å². The normalized spacial score (nSPS) is 28.8. The SMILES string of the molecule is OC1(C#CCl)CCC2(CCOc3ccc(CN4CCOCC4)cc3)c3cc[c]cc3CCC2C1. The summed E-state index contributed by atoms with van der Waals surface area (Å²) >= 11 is 5.68. The van der Waals surface area contributed by atoms with Crippen LogP contribution >= 0.6 is 11.6 Å². The highest BCUT2D eigenvalue weighted by Crippen LogP contribution is 2.54. The van der Waals surface area contributed by atoms with Gasteiger partial charge in [0.15, 0.2) is 0 Å². The summed E-state index contributed by atoms with van der Waals surface area (Å²) in [5.41, 5.74) is 3.12. The number of fused-ring (bicyclic) bond motifs is 3. The Bertz CT molecular complexity index is 1040. The zero-order chi connectivity index (χ0) is 23.4. The third-order valence-electron chi connectivity index (χ3n) is 8.13. The molecular formula is C29H33ClNO3. The molecule has 0 aromatic heterocycles. The Labute approximate surface area is 208 Å². The lowest BCUT2D eigenvalue weighted by molar-refractivity contribution is -0.0142. The lowest BCUT2D eigenvalue weighted by atomic mass is 9.53. The number of hydrogen-bond donors (Lipinski definition) is 1. The van der Waals surface area contributed by atoms with Crippen molar-refractivity contribution in [2.45, 2.75) is 56.1 Å². The van der Waals surface area contributed by atoms with Gasteiger partial charge in [-0.15, -0.1) is 0 Å². The van der Waals surface area contributed by atoms with E-state index in [1.807, 2.05) is 6.07 Å². The molecule has 0 bridgehead atoms. The maximum absolute atomic E-state index is 11.0. The number of halogens is 1. The maximum Gasteiger partial charge on any atom is 0.127 e. The smallest absolute Gasteiger partial charge is 0.127 e. The van der Waals surface area contributed by atoms with Crippen LogP contribution in [-0.4, -0.2) is 48.5 Å². The fraction of sp³-hybridized carbons (Fsp3) is 0.517. The number of nitrogens with zero attached hydrogens (tertiary/aromatic N) is 1. The van der Waals surface area contributed by atoms with Gasteiger partial charge in [-0.3, -0.25) is 4.90 Å². The summed E-state index contributed by atoms with van der Waals surface area (Å²) in [6.07, 6.45) is 5.19. The third kappa shape index (κ3) is 4.99. The minimum absolute atomic E-state index is 0.000813. The standard InChI is InChI=1S/C29H33ClNO3/c30-15-13-28(32)11-12-29(25(21-28)8-7-24-3-1-2-4-27(24)29)14-18-34-26-9-5-23(6-10-26)22-31-16-19-33-20-17-31/h2-6,9-10,25,32H,7-8,11-12,14,16-22H2. The molecule has 1 aliphatic heterocycles. The predicted octanol–water partition coefficient (Wildman–Crippen LogP) is 4.70. The minimum atomic E-state index is -0.981. The van der Waals surface area contributed by atoms with E-state index in [2.05, 4.69) is 58.7 Å². The zero-order valence-corrected chi connectivity index (χ0v) is 20.4. The largest absolute Gasteiger partial charge is 0.494 e. The van der Waals surface area contributed by atoms with Crippen LogP contribution in [0.2, 0.25) is 0 Å². The molecule has 1 saturated carbocycles. The highest BCUT2D eigenvalue weighted by Gasteiger charge is 2.51. The van der Waals surface area contributed by atoms with Crippen LogP contribution < -0.4 is 4.74 Å². The molecule has 0 amide bonds. The van der Waals surface area contributed by atoms with E-state index in [0.29, 0.717) is 25.4 Å². The van der Waals surface area contributed by atoms with Gasteiger partial charge in [0, 0.05) is 30.4 Å². The summed E-state index contributed by atoms with van der Waals surface area (Å²) in [6, 6.07) is 18.2. The van der Waals surface area contributed by atoms with Crippen molar-refractivity contribution < 1.29 is 14.6 Å². The lowest BCUT2D eigenvalue weighted by Gasteiger charge is -2.52. The molecule has 34 heavy (non-hydrogen) atoms. The fourth-order valence-corrected chi connectivity index (χ4v) is 6.46. The first-order chi connectivity index (χ1) is 16.6. The number of benzene rings is 2. The first-order valence-electron chi connectivity index (χ1n) is 12.5. The Morgan fingerprint density at radius 3 is 2.79 bits per heavy atom. The van der Waals surface area contributed by atoms with Crippen molar-refractivity contribution in [3.05, 3.63) is 65.2 Å². The quantitative estimate of drug-likeness (QED) is 0.611. The topological polar surface area (TPSA) is 41.9 Å². The molecular weight excluding hydrogens is 446 g/mol. The molecule has 5 heteroatoms. The van der Waals surface area contributed by atoms with Crippen LogP contribution in [-0.2, 0) is 23.1 Å². The predicted molar refractivity (Wildman–Crippen MR) is 134 cm³/mol. The van der Waals surface area contributed by atoms with Crippen molar-refractivity contribution in [3.63, 3.8) is 0 Å². The van der Waals surface area contributed by atoms with E-state index >= 15 is 0 Å². The number of morpholine rings is 1. The van der Waals surface area contributed by atoms with Crippen LogP contribution in [0.3, 0.4) is 0 Å². The van der Waals surface area contributed by atoms with Gasteiger partial charge in [-0.25, -0.2) is 0 Å². The van der Waals surface area contributed by atoms with Crippen molar-refractivity contribution in [2.75, 3.05) is 32.9 Å². The van der Waals surface area contributed by atoms with Gasteiger partial charge in [0.1, 0.15) is 11.4 Å². The Morgan fingerprint density at radius 1 is 1.18 bits per heavy atom. The molecule has 179 valence electrons. The van der Waals surface area contributed by atoms with Crippen LogP contribution in [0.15, 0.2) is 42.5 Å². The average Bonchev–Trinajstić information content (AvgIpc) is 2.86. The molecule has 0 spiro atoms. The first kappa shape index (κ1) is 23.7. The fourth-order valence-electron chi connectivity index (χ4n) is 6.28. The number of aliphatic hydroxyl groups is 1. The molecule has 2 aromatic carbocycles. The third-order valence-corrected chi connectivity index (χ3v) is 8.22. The number of aryl methyl sites for hydroxylation is 1. The second kappa shape index (κ2) is 10.3. The van der Waals surface area contributed by atoms with Gasteiger partial charge in [0.2, 0.25) is 0 Å². The summed E-state index contributed by atoms with van der Waals surface area (Å²) in [5.74, 6) is 4.15. The Kier molecular flexibility index (Phi) is 7.18. The molecule has 1 N–H and O–H groups in total. The molecule has 1 saturated heterocycles. The molecule has 3 unspecified atom stereocenters. The van der Waals surface area contributed by atoms with E-state index in [1.54, 1.807) is 0 Å². The monoisotopic (exact) mass is 478 g/mol. The van der Waals surface area contributed by atoms with Crippen molar-refractivity contribution in [1.29, 1.82) is 0 Å². The summed E-state index contributed by atoms with van der Waals surface area (Å²) in [7, 11) is 0. The highest BCUT2D eigenvalue weighted by molar-refractivity contribution is 6.30. The van der Waals surface area contributed by atoms with E-state index in [-0.39, 0.29) is 5.41 Å². The van der Waals surface area contributed by atoms with E-state index in [4.69, 9.17) is 21.1 Å². The van der Waals surface area contributed by atoms with Gasteiger partial charge in [-0.1, -0.05) is 36.3 Å². The number of ether oxygens (including phenoxy) is 2. The maximum atomic E-state index is 11.0. The number of hydrogen-bond acceptors (Lipinski definition) is 4.